The first-order valence-electron chi connectivity index (χ1n) is 12.0. The van der Waals surface area contributed by atoms with Crippen molar-refractivity contribution in [2.75, 3.05) is 6.61 Å². The van der Waals surface area contributed by atoms with Gasteiger partial charge in [0.25, 0.3) is 0 Å². The Morgan fingerprint density at radius 2 is 1.58 bits per heavy atom. The molecule has 38 heavy (non-hydrogen) atoms. The third kappa shape index (κ3) is 2.30. The van der Waals surface area contributed by atoms with Crippen LogP contribution in [-0.2, 0) is 31.0 Å². The molecule has 0 saturated heterocycles. The molecule has 10 nitrogen and oxygen atoms in total. The number of aryl methyl sites for hydroxylation is 2. The molecule has 3 aromatic rings. The van der Waals surface area contributed by atoms with Crippen molar-refractivity contribution in [2.24, 2.45) is 0 Å². The molecule has 3 aromatic carbocycles. The summed E-state index contributed by atoms with van der Waals surface area (Å²) >= 11 is 0. The second-order valence-corrected chi connectivity index (χ2v) is 10.3. The number of cyclic esters (lactones) is 2. The van der Waals surface area contributed by atoms with Gasteiger partial charge in [-0.1, -0.05) is 0 Å². The van der Waals surface area contributed by atoms with Gasteiger partial charge in [-0.3, -0.25) is 9.59 Å². The molecule has 2 bridgehead atoms. The third-order valence-corrected chi connectivity index (χ3v) is 8.37. The van der Waals surface area contributed by atoms with Gasteiger partial charge >= 0.3 is 17.9 Å². The zero-order valence-corrected chi connectivity index (χ0v) is 20.4. The van der Waals surface area contributed by atoms with Crippen molar-refractivity contribution in [3.05, 3.63) is 62.2 Å². The van der Waals surface area contributed by atoms with Crippen LogP contribution in [-0.4, -0.2) is 51.7 Å². The van der Waals surface area contributed by atoms with Gasteiger partial charge < -0.3 is 29.5 Å². The smallest absolute Gasteiger partial charge is 0.342 e. The second-order valence-electron chi connectivity index (χ2n) is 10.3. The van der Waals surface area contributed by atoms with E-state index >= 15 is 0 Å². The average Bonchev–Trinajstić information content (AvgIpc) is 3.04. The van der Waals surface area contributed by atoms with Gasteiger partial charge in [0, 0.05) is 29.0 Å². The summed E-state index contributed by atoms with van der Waals surface area (Å²) < 4.78 is 16.6. The molecule has 0 unspecified atom stereocenters. The van der Waals surface area contributed by atoms with Crippen molar-refractivity contribution in [3.63, 3.8) is 0 Å². The quantitative estimate of drug-likeness (QED) is 0.325. The number of ether oxygens (including phenoxy) is 3. The molecular weight excluding hydrogens is 496 g/mol. The molecule has 3 atom stereocenters. The lowest BCUT2D eigenvalue weighted by atomic mass is 9.63. The van der Waals surface area contributed by atoms with E-state index in [1.807, 2.05) is 0 Å². The molecule has 192 valence electrons. The van der Waals surface area contributed by atoms with Crippen molar-refractivity contribution in [3.8, 4) is 17.2 Å². The predicted molar refractivity (Wildman–Crippen MR) is 128 cm³/mol. The second kappa shape index (κ2) is 6.83. The highest BCUT2D eigenvalue weighted by atomic mass is 16.6. The SMILES string of the molecule is CC(=O)O[C@H]1[C@@H]2C(=O)c3c(C)cc(O)c4c3[C@@]1(COC4=O)c1c(O)c3c4c(c(O)cc(C)c4c12)C(=O)OC3. The molecule has 0 fully saturated rings. The van der Waals surface area contributed by atoms with Crippen LogP contribution in [0.2, 0.25) is 0 Å². The number of carbonyl (C=O) groups is 4. The zero-order valence-electron chi connectivity index (χ0n) is 20.4. The van der Waals surface area contributed by atoms with Crippen LogP contribution in [0.25, 0.3) is 10.8 Å². The third-order valence-electron chi connectivity index (χ3n) is 8.37. The van der Waals surface area contributed by atoms with Gasteiger partial charge in [-0.15, -0.1) is 0 Å². The number of phenolic OH excluding ortho intramolecular Hbond substituents is 3. The van der Waals surface area contributed by atoms with Crippen molar-refractivity contribution < 1.29 is 48.7 Å². The number of Topliss-reactive ketones (excluding diaryl/α,β-unsaturated/α-hetero) is 1. The molecular formula is C28H20O10. The lowest BCUT2D eigenvalue weighted by molar-refractivity contribution is -0.150. The Morgan fingerprint density at radius 3 is 2.29 bits per heavy atom. The fourth-order valence-corrected chi connectivity index (χ4v) is 7.15. The maximum Gasteiger partial charge on any atom is 0.342 e. The zero-order chi connectivity index (χ0) is 27.0. The van der Waals surface area contributed by atoms with Crippen LogP contribution in [0.5, 0.6) is 17.2 Å². The minimum Gasteiger partial charge on any atom is -0.507 e. The summed E-state index contributed by atoms with van der Waals surface area (Å²) in [4.78, 5) is 52.3. The number of fused-ring (bicyclic) bond motifs is 4. The molecule has 0 amide bonds. The molecule has 3 N–H and O–H groups in total. The van der Waals surface area contributed by atoms with Gasteiger partial charge in [0.1, 0.15) is 47.7 Å². The van der Waals surface area contributed by atoms with Crippen LogP contribution in [0.15, 0.2) is 12.1 Å². The van der Waals surface area contributed by atoms with Gasteiger partial charge in [-0.05, 0) is 53.6 Å². The number of rotatable bonds is 1. The predicted octanol–water partition coefficient (Wildman–Crippen LogP) is 2.93. The number of carbonyl (C=O) groups excluding carboxylic acids is 4. The summed E-state index contributed by atoms with van der Waals surface area (Å²) in [6.07, 6.45) is -1.22. The number of ketones is 1. The molecule has 7 rings (SSSR count). The van der Waals surface area contributed by atoms with E-state index in [9.17, 15) is 34.5 Å². The monoisotopic (exact) mass is 516 g/mol. The van der Waals surface area contributed by atoms with Gasteiger partial charge in [0.05, 0.1) is 11.3 Å². The van der Waals surface area contributed by atoms with E-state index in [1.165, 1.54) is 19.1 Å². The number of esters is 3. The van der Waals surface area contributed by atoms with Crippen molar-refractivity contribution >= 4 is 34.5 Å². The van der Waals surface area contributed by atoms with Crippen LogP contribution in [0.4, 0.5) is 0 Å². The highest BCUT2D eigenvalue weighted by molar-refractivity contribution is 6.18. The lowest BCUT2D eigenvalue weighted by Gasteiger charge is -2.44. The standard InChI is InChI=1S/C28H20O10/c1-8-4-12(30)17-16-11(6-36-26(17)34)23(32)22-19(14(8)16)20-24(33)15-9(2)5-13(31)18-21(15)28(22,7-37-27(18)35)25(20)38-10(3)29/h4-5,20,25,30-32H,6-7H2,1-3H3/t20-,25-,28-/m0/s1. The minimum atomic E-state index is -1.53. The highest BCUT2D eigenvalue weighted by Crippen LogP contribution is 2.65. The molecule has 2 heterocycles. The minimum absolute atomic E-state index is 0.137. The van der Waals surface area contributed by atoms with Crippen LogP contribution >= 0.6 is 0 Å². The number of benzene rings is 3. The Labute approximate surface area is 214 Å². The maximum absolute atomic E-state index is 14.3. The summed E-state index contributed by atoms with van der Waals surface area (Å²) in [5, 5.41) is 34.0. The van der Waals surface area contributed by atoms with Gasteiger partial charge in [-0.25, -0.2) is 9.59 Å². The summed E-state index contributed by atoms with van der Waals surface area (Å²) in [6, 6.07) is 2.70. The van der Waals surface area contributed by atoms with E-state index in [0.29, 0.717) is 22.1 Å². The van der Waals surface area contributed by atoms with Crippen LogP contribution in [0.3, 0.4) is 0 Å². The van der Waals surface area contributed by atoms with E-state index in [-0.39, 0.29) is 63.5 Å². The van der Waals surface area contributed by atoms with Gasteiger partial charge in [-0.2, -0.15) is 0 Å². The fraction of sp³-hybridized carbons (Fsp3) is 0.286. The van der Waals surface area contributed by atoms with Crippen LogP contribution in [0, 0.1) is 13.8 Å². The van der Waals surface area contributed by atoms with E-state index in [2.05, 4.69) is 0 Å². The molecule has 0 saturated carbocycles. The number of hydrogen-bond donors (Lipinski definition) is 3. The van der Waals surface area contributed by atoms with Gasteiger partial charge in [0.2, 0.25) is 0 Å². The normalized spacial score (nSPS) is 24.0. The summed E-state index contributed by atoms with van der Waals surface area (Å²) in [6.45, 7) is 3.83. The number of hydrogen-bond acceptors (Lipinski definition) is 10. The topological polar surface area (TPSA) is 157 Å². The Balaban J connectivity index is 1.75. The molecule has 0 radical (unpaired) electrons. The van der Waals surface area contributed by atoms with Crippen LogP contribution < -0.4 is 0 Å². The number of aromatic hydroxyl groups is 3. The number of phenols is 3. The Morgan fingerprint density at radius 1 is 0.921 bits per heavy atom. The Kier molecular flexibility index (Phi) is 4.06. The maximum atomic E-state index is 14.3. The Bertz CT molecular complexity index is 1750. The molecule has 4 aliphatic rings. The molecule has 1 spiro atoms. The Hall–Kier alpha value is -4.60. The average molecular weight is 516 g/mol. The van der Waals surface area contributed by atoms with E-state index < -0.39 is 46.9 Å². The fourth-order valence-electron chi connectivity index (χ4n) is 7.15. The molecule has 2 aliphatic carbocycles. The van der Waals surface area contributed by atoms with Crippen molar-refractivity contribution in [2.45, 2.75) is 44.8 Å². The summed E-state index contributed by atoms with van der Waals surface area (Å²) in [5.41, 5.74) is 0.108. The van der Waals surface area contributed by atoms with E-state index in [4.69, 9.17) is 14.2 Å². The van der Waals surface area contributed by atoms with E-state index in [1.54, 1.807) is 13.8 Å². The highest BCUT2D eigenvalue weighted by Gasteiger charge is 2.67. The first-order chi connectivity index (χ1) is 18.0. The molecule has 10 heteroatoms. The van der Waals surface area contributed by atoms with E-state index in [0.717, 1.165) is 0 Å². The first kappa shape index (κ1) is 22.6. The molecule has 0 aromatic heterocycles. The summed E-state index contributed by atoms with van der Waals surface area (Å²) in [5.74, 6) is -4.95. The first-order valence-corrected chi connectivity index (χ1v) is 12.0. The largest absolute Gasteiger partial charge is 0.507 e. The summed E-state index contributed by atoms with van der Waals surface area (Å²) in [7, 11) is 0. The van der Waals surface area contributed by atoms with Crippen molar-refractivity contribution in [1.29, 1.82) is 0 Å². The van der Waals surface area contributed by atoms with Crippen molar-refractivity contribution in [1.82, 2.24) is 0 Å². The van der Waals surface area contributed by atoms with Crippen LogP contribution in [0.1, 0.15) is 77.3 Å². The van der Waals surface area contributed by atoms with Gasteiger partial charge in [0.15, 0.2) is 5.78 Å². The molecule has 2 aliphatic heterocycles. The lowest BCUT2D eigenvalue weighted by Crippen LogP contribution is -2.54.